The van der Waals surface area contributed by atoms with Crippen molar-refractivity contribution in [3.63, 3.8) is 0 Å². The lowest BCUT2D eigenvalue weighted by Crippen LogP contribution is -2.34. The van der Waals surface area contributed by atoms with Crippen molar-refractivity contribution in [3.8, 4) is 0 Å². The molecule has 0 aromatic carbocycles. The molecule has 0 amide bonds. The Kier molecular flexibility index (Phi) is 37.1. The van der Waals surface area contributed by atoms with Gasteiger partial charge in [-0.15, -0.1) is 0 Å². The van der Waals surface area contributed by atoms with Crippen LogP contribution >= 0.6 is 7.82 Å². The third-order valence-corrected chi connectivity index (χ3v) is 9.70. The van der Waals surface area contributed by atoms with Crippen molar-refractivity contribution in [3.05, 3.63) is 60.8 Å². The lowest BCUT2D eigenvalue weighted by Gasteiger charge is -2.20. The van der Waals surface area contributed by atoms with Gasteiger partial charge in [0, 0.05) is 12.8 Å². The van der Waals surface area contributed by atoms with E-state index in [2.05, 4.69) is 79.1 Å². The molecule has 3 unspecified atom stereocenters. The molecule has 0 aliphatic heterocycles. The first-order valence-corrected chi connectivity index (χ1v) is 22.8. The van der Waals surface area contributed by atoms with Crippen LogP contribution in [0.3, 0.4) is 0 Å². The zero-order valence-electron chi connectivity index (χ0n) is 34.7. The first-order chi connectivity index (χ1) is 27.1. The van der Waals surface area contributed by atoms with Crippen LogP contribution in [-0.4, -0.2) is 59.9 Å². The molecule has 11 nitrogen and oxygen atoms in total. The van der Waals surface area contributed by atoms with Gasteiger partial charge < -0.3 is 25.2 Å². The van der Waals surface area contributed by atoms with E-state index in [9.17, 15) is 23.8 Å². The maximum atomic E-state index is 12.6. The van der Waals surface area contributed by atoms with Crippen LogP contribution in [0.25, 0.3) is 0 Å². The van der Waals surface area contributed by atoms with Gasteiger partial charge in [-0.25, -0.2) is 4.57 Å². The number of unbranched alkanes of at least 4 members (excludes halogenated alkanes) is 15. The van der Waals surface area contributed by atoms with E-state index in [-0.39, 0.29) is 19.4 Å². The molecule has 56 heavy (non-hydrogen) atoms. The molecule has 0 heterocycles. The van der Waals surface area contributed by atoms with Crippen molar-refractivity contribution in [2.75, 3.05) is 19.8 Å². The minimum Gasteiger partial charge on any atom is -0.480 e. The molecule has 0 aliphatic carbocycles. The van der Waals surface area contributed by atoms with Gasteiger partial charge in [0.15, 0.2) is 6.10 Å². The van der Waals surface area contributed by atoms with Crippen molar-refractivity contribution in [2.24, 2.45) is 5.73 Å². The number of allylic oxidation sites excluding steroid dienone is 10. The minimum atomic E-state index is -4.73. The molecular formula is C44H76NO10P. The molecule has 0 saturated heterocycles. The normalized spacial score (nSPS) is 14.4. The van der Waals surface area contributed by atoms with Gasteiger partial charge in [0.1, 0.15) is 12.6 Å². The van der Waals surface area contributed by atoms with E-state index in [1.807, 2.05) is 0 Å². The lowest BCUT2D eigenvalue weighted by molar-refractivity contribution is -0.161. The summed E-state index contributed by atoms with van der Waals surface area (Å²) in [6, 6.07) is -1.53. The number of hydrogen-bond acceptors (Lipinski definition) is 9. The van der Waals surface area contributed by atoms with Crippen LogP contribution < -0.4 is 5.73 Å². The van der Waals surface area contributed by atoms with Crippen LogP contribution in [0.2, 0.25) is 0 Å². The summed E-state index contributed by atoms with van der Waals surface area (Å²) in [7, 11) is -4.73. The van der Waals surface area contributed by atoms with Gasteiger partial charge in [-0.05, 0) is 77.0 Å². The lowest BCUT2D eigenvalue weighted by atomic mass is 10.1. The number of carboxylic acids is 1. The van der Waals surface area contributed by atoms with E-state index < -0.39 is 51.1 Å². The van der Waals surface area contributed by atoms with Crippen LogP contribution in [0.15, 0.2) is 60.8 Å². The fourth-order valence-electron chi connectivity index (χ4n) is 5.40. The number of nitrogens with two attached hydrogens (primary N) is 1. The number of rotatable bonds is 39. The highest BCUT2D eigenvalue weighted by molar-refractivity contribution is 7.47. The minimum absolute atomic E-state index is 0.129. The van der Waals surface area contributed by atoms with Gasteiger partial charge in [0.2, 0.25) is 0 Å². The first-order valence-electron chi connectivity index (χ1n) is 21.3. The summed E-state index contributed by atoms with van der Waals surface area (Å²) in [6.07, 6.45) is 44.2. The highest BCUT2D eigenvalue weighted by Gasteiger charge is 2.28. The Morgan fingerprint density at radius 3 is 1.52 bits per heavy atom. The number of phosphoric ester groups is 1. The molecule has 0 aliphatic rings. The second-order valence-electron chi connectivity index (χ2n) is 14.1. The SMILES string of the molecule is CC/C=C\C/C=C\C/C=C\C/C=C\CCCCCCC(=O)OC(COC(=O)CCCCCCC/C=C\CCCCCCCC)COP(=O)(O)OCC(N)C(=O)O. The van der Waals surface area contributed by atoms with Gasteiger partial charge in [-0.2, -0.15) is 0 Å². The summed E-state index contributed by atoms with van der Waals surface area (Å²) in [6.45, 7) is 2.64. The molecule has 0 rings (SSSR count). The maximum absolute atomic E-state index is 12.6. The average molecular weight is 810 g/mol. The number of ether oxygens (including phenoxy) is 2. The molecule has 12 heteroatoms. The van der Waals surface area contributed by atoms with Crippen LogP contribution in [0.4, 0.5) is 0 Å². The van der Waals surface area contributed by atoms with E-state index in [4.69, 9.17) is 24.8 Å². The molecule has 0 aromatic rings. The highest BCUT2D eigenvalue weighted by atomic mass is 31.2. The summed E-state index contributed by atoms with van der Waals surface area (Å²) in [5.41, 5.74) is 5.33. The summed E-state index contributed by atoms with van der Waals surface area (Å²) >= 11 is 0. The number of hydrogen-bond donors (Lipinski definition) is 3. The average Bonchev–Trinajstić information content (AvgIpc) is 3.17. The molecule has 0 radical (unpaired) electrons. The zero-order chi connectivity index (χ0) is 41.4. The van der Waals surface area contributed by atoms with E-state index in [1.54, 1.807) is 0 Å². The molecule has 322 valence electrons. The van der Waals surface area contributed by atoms with Crippen LogP contribution in [-0.2, 0) is 37.5 Å². The second kappa shape index (κ2) is 39.0. The van der Waals surface area contributed by atoms with Crippen molar-refractivity contribution >= 4 is 25.7 Å². The van der Waals surface area contributed by atoms with E-state index in [1.165, 1.54) is 38.5 Å². The highest BCUT2D eigenvalue weighted by Crippen LogP contribution is 2.43. The van der Waals surface area contributed by atoms with Gasteiger partial charge in [-0.1, -0.05) is 139 Å². The third kappa shape index (κ3) is 38.1. The standard InChI is InChI=1S/C44H76NO10P/c1-3-5-7-9-11-13-15-17-19-20-22-24-26-28-30-32-34-36-43(47)55-40(38-53-56(50,51)54-39-41(45)44(48)49)37-52-42(46)35-33-31-29-27-25-23-21-18-16-14-12-10-8-6-4-2/h5,7,11,13,17-19,21-22,24,40-41H,3-4,6,8-10,12,14-16,20,23,25-39,45H2,1-2H3,(H,48,49)(H,50,51)/b7-5-,13-11-,19-17-,21-18-,24-22-. The zero-order valence-corrected chi connectivity index (χ0v) is 35.6. The van der Waals surface area contributed by atoms with Gasteiger partial charge in [0.05, 0.1) is 13.2 Å². The Morgan fingerprint density at radius 2 is 1.00 bits per heavy atom. The van der Waals surface area contributed by atoms with Gasteiger partial charge in [0.25, 0.3) is 0 Å². The predicted molar refractivity (Wildman–Crippen MR) is 226 cm³/mol. The Bertz CT molecular complexity index is 1180. The molecule has 0 aromatic heterocycles. The van der Waals surface area contributed by atoms with Crippen LogP contribution in [0.1, 0.15) is 168 Å². The van der Waals surface area contributed by atoms with Crippen LogP contribution in [0.5, 0.6) is 0 Å². The topological polar surface area (TPSA) is 172 Å². The molecule has 0 fully saturated rings. The first kappa shape index (κ1) is 53.2. The number of aliphatic carboxylic acids is 1. The summed E-state index contributed by atoms with van der Waals surface area (Å²) in [5, 5.41) is 8.88. The Hall–Kier alpha value is -2.82. The molecule has 3 atom stereocenters. The molecule has 0 bridgehead atoms. The van der Waals surface area contributed by atoms with Crippen LogP contribution in [0, 0.1) is 0 Å². The maximum Gasteiger partial charge on any atom is 0.472 e. The Balaban J connectivity index is 4.45. The fraction of sp³-hybridized carbons (Fsp3) is 0.705. The second-order valence-corrected chi connectivity index (χ2v) is 15.5. The van der Waals surface area contributed by atoms with Gasteiger partial charge in [-0.3, -0.25) is 23.4 Å². The number of esters is 2. The number of carbonyl (C=O) groups is 3. The van der Waals surface area contributed by atoms with Crippen molar-refractivity contribution in [2.45, 2.75) is 180 Å². The fourth-order valence-corrected chi connectivity index (χ4v) is 6.18. The van der Waals surface area contributed by atoms with Crippen molar-refractivity contribution in [1.29, 1.82) is 0 Å². The van der Waals surface area contributed by atoms with Crippen molar-refractivity contribution in [1.82, 2.24) is 0 Å². The van der Waals surface area contributed by atoms with E-state index >= 15 is 0 Å². The predicted octanol–water partition coefficient (Wildman–Crippen LogP) is 11.2. The van der Waals surface area contributed by atoms with Gasteiger partial charge >= 0.3 is 25.7 Å². The van der Waals surface area contributed by atoms with E-state index in [0.29, 0.717) is 12.8 Å². The summed E-state index contributed by atoms with van der Waals surface area (Å²) in [5.74, 6) is -2.43. The summed E-state index contributed by atoms with van der Waals surface area (Å²) in [4.78, 5) is 45.9. The Labute approximate surface area is 338 Å². The number of carbonyl (C=O) groups excluding carboxylic acids is 2. The largest absolute Gasteiger partial charge is 0.480 e. The third-order valence-electron chi connectivity index (χ3n) is 8.75. The Morgan fingerprint density at radius 1 is 0.571 bits per heavy atom. The smallest absolute Gasteiger partial charge is 0.472 e. The number of carboxylic acid groups (broad SMARTS) is 1. The molecule has 0 spiro atoms. The molecule has 4 N–H and O–H groups in total. The molecule has 0 saturated carbocycles. The molecular weight excluding hydrogens is 733 g/mol. The van der Waals surface area contributed by atoms with E-state index in [0.717, 1.165) is 89.9 Å². The van der Waals surface area contributed by atoms with Crippen molar-refractivity contribution < 1.29 is 47.5 Å². The summed E-state index contributed by atoms with van der Waals surface area (Å²) < 4.78 is 32.6. The quantitative estimate of drug-likeness (QED) is 0.0233. The number of phosphoric acid groups is 1. The monoisotopic (exact) mass is 810 g/mol.